The molecule has 0 atom stereocenters. The van der Waals surface area contributed by atoms with E-state index in [1.165, 1.54) is 26.2 Å². The molecule has 0 aliphatic carbocycles. The Morgan fingerprint density at radius 3 is 2.09 bits per heavy atom. The van der Waals surface area contributed by atoms with Gasteiger partial charge in [-0.3, -0.25) is 20.2 Å². The minimum atomic E-state index is -4.65. The lowest BCUT2D eigenvalue weighted by Crippen LogP contribution is -2.49. The third-order valence-electron chi connectivity index (χ3n) is 3.98. The van der Waals surface area contributed by atoms with Gasteiger partial charge in [0.1, 0.15) is 15.7 Å². The lowest BCUT2D eigenvalue weighted by Gasteiger charge is -2.24. The number of hydrogen-bond donors (Lipinski definition) is 2. The highest BCUT2D eigenvalue weighted by atomic mass is 32.2. The maximum Gasteiger partial charge on any atom is 0.417 e. The van der Waals surface area contributed by atoms with Crippen LogP contribution < -0.4 is 10.3 Å². The van der Waals surface area contributed by atoms with Crippen molar-refractivity contribution in [3.05, 3.63) is 71.3 Å². The van der Waals surface area contributed by atoms with Crippen LogP contribution in [0.15, 0.2) is 54.6 Å². The Balaban J connectivity index is 2.02. The number of halogens is 3. The predicted octanol–water partition coefficient (Wildman–Crippen LogP) is 2.49. The second kappa shape index (κ2) is 10.3. The van der Waals surface area contributed by atoms with Crippen LogP contribution in [0, 0.1) is 0 Å². The summed E-state index contributed by atoms with van der Waals surface area (Å²) in [4.78, 5) is 14.2. The highest BCUT2D eigenvalue weighted by Crippen LogP contribution is 2.32. The number of carbonyl (C=O) groups is 1. The van der Waals surface area contributed by atoms with Gasteiger partial charge in [0.2, 0.25) is 10.0 Å². The Kier molecular flexibility index (Phi) is 8.29. The second-order valence-electron chi connectivity index (χ2n) is 6.52. The van der Waals surface area contributed by atoms with Crippen LogP contribution in [0.4, 0.5) is 13.2 Å². The molecule has 0 aliphatic heterocycles. The minimum absolute atomic E-state index is 0.177. The summed E-state index contributed by atoms with van der Waals surface area (Å²) in [6.45, 7) is 0. The smallest absolute Gasteiger partial charge is 0.287 e. The van der Waals surface area contributed by atoms with Gasteiger partial charge in [-0.15, -0.1) is 4.83 Å². The Bertz CT molecular complexity index is 1110. The van der Waals surface area contributed by atoms with Gasteiger partial charge in [-0.25, -0.2) is 8.42 Å². The van der Waals surface area contributed by atoms with Crippen molar-refractivity contribution in [3.8, 4) is 0 Å². The second-order valence-corrected chi connectivity index (χ2v) is 9.00. The van der Waals surface area contributed by atoms with Gasteiger partial charge in [-0.05, 0) is 6.07 Å². The molecule has 0 saturated heterocycles. The lowest BCUT2D eigenvalue weighted by molar-refractivity contribution is -0.137. The molecule has 32 heavy (non-hydrogen) atoms. The standard InChI is InChI=1S/C19H19F3N4O3S3/c1-25(18(31)14-10-6-7-11-15(14)19(20,21)22)23-16(27)12-32(28,29)24-26(2)17(30)13-8-4-3-5-9-13/h3-11,24H,12H2,1-2H3,(H,23,27). The maximum absolute atomic E-state index is 13.2. The Morgan fingerprint density at radius 2 is 1.50 bits per heavy atom. The molecule has 0 saturated carbocycles. The summed E-state index contributed by atoms with van der Waals surface area (Å²) >= 11 is 10.2. The van der Waals surface area contributed by atoms with E-state index in [1.807, 2.05) is 0 Å². The number of thiocarbonyl (C=S) groups is 2. The zero-order chi connectivity index (χ0) is 24.1. The fourth-order valence-corrected chi connectivity index (χ4v) is 4.04. The number of carbonyl (C=O) groups excluding carboxylic acids is 1. The van der Waals surface area contributed by atoms with Crippen molar-refractivity contribution in [3.63, 3.8) is 0 Å². The van der Waals surface area contributed by atoms with E-state index >= 15 is 0 Å². The molecule has 0 radical (unpaired) electrons. The number of sulfonamides is 1. The SMILES string of the molecule is CN(NS(=O)(=O)CC(=O)NN(C)C(=S)c1ccccc1C(F)(F)F)C(=S)c1ccccc1. The maximum atomic E-state index is 13.2. The van der Waals surface area contributed by atoms with E-state index in [9.17, 15) is 26.4 Å². The summed E-state index contributed by atoms with van der Waals surface area (Å²) < 4.78 is 64.2. The summed E-state index contributed by atoms with van der Waals surface area (Å²) in [6, 6.07) is 13.2. The molecule has 172 valence electrons. The molecule has 0 spiro atoms. The number of benzene rings is 2. The van der Waals surface area contributed by atoms with Gasteiger partial charge < -0.3 is 0 Å². The van der Waals surface area contributed by atoms with E-state index in [0.717, 1.165) is 22.2 Å². The molecule has 2 aromatic carbocycles. The van der Waals surface area contributed by atoms with Gasteiger partial charge in [0.15, 0.2) is 0 Å². The largest absolute Gasteiger partial charge is 0.417 e. The third kappa shape index (κ3) is 6.95. The Morgan fingerprint density at radius 1 is 0.938 bits per heavy atom. The summed E-state index contributed by atoms with van der Waals surface area (Å²) in [5.74, 6) is -2.02. The number of amides is 1. The molecule has 0 heterocycles. The number of nitrogens with one attached hydrogen (secondary N) is 2. The van der Waals surface area contributed by atoms with Crippen LogP contribution in [0.3, 0.4) is 0 Å². The molecule has 2 rings (SSSR count). The zero-order valence-electron chi connectivity index (χ0n) is 16.9. The van der Waals surface area contributed by atoms with Crippen molar-refractivity contribution >= 4 is 50.3 Å². The van der Waals surface area contributed by atoms with Gasteiger partial charge in [0.25, 0.3) is 5.91 Å². The average Bonchev–Trinajstić information content (AvgIpc) is 2.71. The van der Waals surface area contributed by atoms with Crippen molar-refractivity contribution in [2.45, 2.75) is 6.18 Å². The van der Waals surface area contributed by atoms with Crippen LogP contribution in [0.1, 0.15) is 16.7 Å². The van der Waals surface area contributed by atoms with Crippen LogP contribution in [-0.4, -0.2) is 54.2 Å². The first-order valence-electron chi connectivity index (χ1n) is 8.89. The minimum Gasteiger partial charge on any atom is -0.287 e. The predicted molar refractivity (Wildman–Crippen MR) is 122 cm³/mol. The summed E-state index contributed by atoms with van der Waals surface area (Å²) in [6.07, 6.45) is -4.65. The van der Waals surface area contributed by atoms with E-state index in [4.69, 9.17) is 24.4 Å². The first-order chi connectivity index (χ1) is 14.8. The highest BCUT2D eigenvalue weighted by molar-refractivity contribution is 7.90. The molecule has 2 aromatic rings. The lowest BCUT2D eigenvalue weighted by atomic mass is 10.1. The molecule has 0 bridgehead atoms. The quantitative estimate of drug-likeness (QED) is 0.462. The number of alkyl halides is 3. The molecule has 7 nitrogen and oxygen atoms in total. The zero-order valence-corrected chi connectivity index (χ0v) is 19.3. The van der Waals surface area contributed by atoms with E-state index < -0.39 is 33.4 Å². The first-order valence-corrected chi connectivity index (χ1v) is 11.4. The molecule has 13 heteroatoms. The van der Waals surface area contributed by atoms with Crippen LogP contribution in [0.5, 0.6) is 0 Å². The number of nitrogens with zero attached hydrogens (tertiary/aromatic N) is 2. The number of hydrazine groups is 2. The molecule has 0 unspecified atom stereocenters. The molecule has 2 N–H and O–H groups in total. The molecule has 1 amide bonds. The van der Waals surface area contributed by atoms with Crippen molar-refractivity contribution in [1.29, 1.82) is 0 Å². The van der Waals surface area contributed by atoms with Crippen molar-refractivity contribution in [1.82, 2.24) is 20.3 Å². The Labute approximate surface area is 194 Å². The Hall–Kier alpha value is -2.61. The number of rotatable bonds is 6. The molecular weight excluding hydrogens is 485 g/mol. The van der Waals surface area contributed by atoms with E-state index in [1.54, 1.807) is 30.3 Å². The van der Waals surface area contributed by atoms with E-state index in [0.29, 0.717) is 5.56 Å². The van der Waals surface area contributed by atoms with Gasteiger partial charge in [-0.1, -0.05) is 73.0 Å². The highest BCUT2D eigenvalue weighted by Gasteiger charge is 2.34. The van der Waals surface area contributed by atoms with Crippen LogP contribution in [0.25, 0.3) is 0 Å². The normalized spacial score (nSPS) is 11.5. The fourth-order valence-electron chi connectivity index (χ4n) is 2.60. The van der Waals surface area contributed by atoms with Gasteiger partial charge in [-0.2, -0.15) is 13.2 Å². The molecular formula is C19H19F3N4O3S3. The fraction of sp³-hybridized carbons (Fsp3) is 0.211. The topological polar surface area (TPSA) is 81.8 Å². The molecule has 0 aliphatic rings. The van der Waals surface area contributed by atoms with Crippen LogP contribution in [-0.2, 0) is 21.0 Å². The third-order valence-corrected chi connectivity index (χ3v) is 6.18. The summed E-state index contributed by atoms with van der Waals surface area (Å²) in [5.41, 5.74) is 1.45. The van der Waals surface area contributed by atoms with Crippen molar-refractivity contribution in [2.75, 3.05) is 19.8 Å². The van der Waals surface area contributed by atoms with Crippen LogP contribution >= 0.6 is 24.4 Å². The van der Waals surface area contributed by atoms with Gasteiger partial charge in [0, 0.05) is 25.2 Å². The van der Waals surface area contributed by atoms with Gasteiger partial charge >= 0.3 is 6.18 Å². The number of hydrogen-bond acceptors (Lipinski definition) is 5. The monoisotopic (exact) mass is 504 g/mol. The molecule has 0 fully saturated rings. The van der Waals surface area contributed by atoms with Crippen LogP contribution in [0.2, 0.25) is 0 Å². The van der Waals surface area contributed by atoms with E-state index in [-0.39, 0.29) is 15.5 Å². The first kappa shape index (κ1) is 25.6. The molecule has 0 aromatic heterocycles. The summed E-state index contributed by atoms with van der Waals surface area (Å²) in [5, 5.41) is 1.93. The van der Waals surface area contributed by atoms with E-state index in [2.05, 4.69) is 10.3 Å². The van der Waals surface area contributed by atoms with Crippen molar-refractivity contribution in [2.24, 2.45) is 0 Å². The van der Waals surface area contributed by atoms with Gasteiger partial charge in [0.05, 0.1) is 5.56 Å². The average molecular weight is 505 g/mol. The van der Waals surface area contributed by atoms with Crippen molar-refractivity contribution < 1.29 is 26.4 Å². The summed E-state index contributed by atoms with van der Waals surface area (Å²) in [7, 11) is -1.59.